The molecule has 1 aromatic heterocycles. The summed E-state index contributed by atoms with van der Waals surface area (Å²) in [6.07, 6.45) is 3.91. The van der Waals surface area contributed by atoms with Gasteiger partial charge in [-0.05, 0) is 51.5 Å². The number of hydrogen-bond donors (Lipinski definition) is 1. The van der Waals surface area contributed by atoms with E-state index in [1.807, 2.05) is 0 Å². The topological polar surface area (TPSA) is 29.9 Å². The number of rotatable bonds is 4. The van der Waals surface area contributed by atoms with Crippen LogP contribution in [-0.4, -0.2) is 16.3 Å². The minimum Gasteiger partial charge on any atom is -0.313 e. The molecule has 3 unspecified atom stereocenters. The molecular weight excluding hydrogens is 234 g/mol. The lowest BCUT2D eigenvalue weighted by Crippen LogP contribution is -2.24. The van der Waals surface area contributed by atoms with E-state index in [-0.39, 0.29) is 0 Å². The molecule has 19 heavy (non-hydrogen) atoms. The molecular formula is C16H29N3. The van der Waals surface area contributed by atoms with Crippen LogP contribution in [0.25, 0.3) is 0 Å². The van der Waals surface area contributed by atoms with E-state index in [0.717, 1.165) is 24.9 Å². The largest absolute Gasteiger partial charge is 0.313 e. The molecule has 2 rings (SSSR count). The highest BCUT2D eigenvalue weighted by atomic mass is 15.3. The van der Waals surface area contributed by atoms with E-state index in [0.29, 0.717) is 6.04 Å². The van der Waals surface area contributed by atoms with Crippen LogP contribution in [0.1, 0.15) is 63.0 Å². The molecule has 1 aliphatic carbocycles. The molecule has 0 radical (unpaired) electrons. The Hall–Kier alpha value is -0.830. The quantitative estimate of drug-likeness (QED) is 0.899. The van der Waals surface area contributed by atoms with Crippen molar-refractivity contribution in [3.05, 3.63) is 17.0 Å². The van der Waals surface area contributed by atoms with Gasteiger partial charge in [-0.1, -0.05) is 20.8 Å². The Bertz CT molecular complexity index is 422. The van der Waals surface area contributed by atoms with Crippen molar-refractivity contribution in [1.29, 1.82) is 0 Å². The van der Waals surface area contributed by atoms with Gasteiger partial charge in [0.1, 0.15) is 0 Å². The summed E-state index contributed by atoms with van der Waals surface area (Å²) < 4.78 is 2.31. The Morgan fingerprint density at radius 2 is 1.95 bits per heavy atom. The van der Waals surface area contributed by atoms with E-state index >= 15 is 0 Å². The van der Waals surface area contributed by atoms with Crippen LogP contribution in [0.15, 0.2) is 0 Å². The van der Waals surface area contributed by atoms with Gasteiger partial charge in [0.25, 0.3) is 0 Å². The van der Waals surface area contributed by atoms with Gasteiger partial charge in [0, 0.05) is 17.8 Å². The Morgan fingerprint density at radius 1 is 1.21 bits per heavy atom. The average Bonchev–Trinajstić information content (AvgIpc) is 2.66. The van der Waals surface area contributed by atoms with E-state index in [2.05, 4.69) is 44.6 Å². The predicted molar refractivity (Wildman–Crippen MR) is 80.3 cm³/mol. The smallest absolute Gasteiger partial charge is 0.0641 e. The van der Waals surface area contributed by atoms with Crippen molar-refractivity contribution in [2.24, 2.45) is 11.8 Å². The molecule has 0 spiro atoms. The van der Waals surface area contributed by atoms with E-state index in [4.69, 9.17) is 5.10 Å². The highest BCUT2D eigenvalue weighted by Gasteiger charge is 2.27. The number of aryl methyl sites for hydroxylation is 1. The van der Waals surface area contributed by atoms with Gasteiger partial charge in [-0.25, -0.2) is 0 Å². The van der Waals surface area contributed by atoms with Crippen LogP contribution in [0.3, 0.4) is 0 Å². The standard InChI is InChI=1S/C16H29N3/c1-6-17-10-16-13(4)18-19(14(16)5)15-8-7-11(2)12(3)9-15/h11-12,15,17H,6-10H2,1-5H3. The van der Waals surface area contributed by atoms with Gasteiger partial charge in [0.15, 0.2) is 0 Å². The lowest BCUT2D eigenvalue weighted by atomic mass is 9.79. The van der Waals surface area contributed by atoms with E-state index in [1.54, 1.807) is 0 Å². The molecule has 0 bridgehead atoms. The van der Waals surface area contributed by atoms with Crippen molar-refractivity contribution >= 4 is 0 Å². The van der Waals surface area contributed by atoms with Crippen LogP contribution in [0.2, 0.25) is 0 Å². The van der Waals surface area contributed by atoms with Crippen LogP contribution in [0.4, 0.5) is 0 Å². The van der Waals surface area contributed by atoms with Crippen molar-refractivity contribution in [3.8, 4) is 0 Å². The predicted octanol–water partition coefficient (Wildman–Crippen LogP) is 3.61. The molecule has 1 fully saturated rings. The first-order valence-electron chi connectivity index (χ1n) is 7.79. The summed E-state index contributed by atoms with van der Waals surface area (Å²) in [4.78, 5) is 0. The molecule has 1 aromatic rings. The molecule has 0 saturated heterocycles. The lowest BCUT2D eigenvalue weighted by Gasteiger charge is -2.32. The fourth-order valence-corrected chi connectivity index (χ4v) is 3.30. The number of nitrogens with one attached hydrogen (secondary N) is 1. The van der Waals surface area contributed by atoms with Gasteiger partial charge < -0.3 is 5.32 Å². The maximum absolute atomic E-state index is 4.82. The van der Waals surface area contributed by atoms with Crippen LogP contribution >= 0.6 is 0 Å². The van der Waals surface area contributed by atoms with E-state index < -0.39 is 0 Å². The van der Waals surface area contributed by atoms with Crippen molar-refractivity contribution < 1.29 is 0 Å². The summed E-state index contributed by atoms with van der Waals surface area (Å²) in [5, 5.41) is 8.25. The second-order valence-corrected chi connectivity index (χ2v) is 6.30. The lowest BCUT2D eigenvalue weighted by molar-refractivity contribution is 0.198. The van der Waals surface area contributed by atoms with Gasteiger partial charge in [-0.2, -0.15) is 5.10 Å². The zero-order valence-corrected chi connectivity index (χ0v) is 13.2. The molecule has 3 heteroatoms. The molecule has 1 aliphatic rings. The first-order valence-corrected chi connectivity index (χ1v) is 7.79. The van der Waals surface area contributed by atoms with Crippen LogP contribution in [-0.2, 0) is 6.54 Å². The summed E-state index contributed by atoms with van der Waals surface area (Å²) >= 11 is 0. The normalized spacial score (nSPS) is 27.7. The summed E-state index contributed by atoms with van der Waals surface area (Å²) in [6.45, 7) is 13.3. The first kappa shape index (κ1) is 14.6. The van der Waals surface area contributed by atoms with Gasteiger partial charge in [0.05, 0.1) is 11.7 Å². The van der Waals surface area contributed by atoms with Crippen LogP contribution in [0.5, 0.6) is 0 Å². The third-order valence-corrected chi connectivity index (χ3v) is 4.94. The molecule has 1 N–H and O–H groups in total. The van der Waals surface area contributed by atoms with Gasteiger partial charge in [-0.15, -0.1) is 0 Å². The zero-order chi connectivity index (χ0) is 14.0. The Labute approximate surface area is 117 Å². The number of nitrogens with zero attached hydrogens (tertiary/aromatic N) is 2. The number of aromatic nitrogens is 2. The maximum Gasteiger partial charge on any atom is 0.0641 e. The monoisotopic (exact) mass is 263 g/mol. The molecule has 3 atom stereocenters. The fraction of sp³-hybridized carbons (Fsp3) is 0.812. The highest BCUT2D eigenvalue weighted by Crippen LogP contribution is 2.37. The van der Waals surface area contributed by atoms with Gasteiger partial charge in [0.2, 0.25) is 0 Å². The van der Waals surface area contributed by atoms with Crippen molar-refractivity contribution in [3.63, 3.8) is 0 Å². The van der Waals surface area contributed by atoms with E-state index in [1.165, 1.54) is 36.2 Å². The molecule has 3 nitrogen and oxygen atoms in total. The summed E-state index contributed by atoms with van der Waals surface area (Å²) in [6, 6.07) is 0.611. The Balaban J connectivity index is 2.16. The number of hydrogen-bond acceptors (Lipinski definition) is 2. The van der Waals surface area contributed by atoms with Crippen LogP contribution < -0.4 is 5.32 Å². The fourth-order valence-electron chi connectivity index (χ4n) is 3.30. The Morgan fingerprint density at radius 3 is 2.58 bits per heavy atom. The van der Waals surface area contributed by atoms with Crippen molar-refractivity contribution in [2.45, 2.75) is 66.5 Å². The molecule has 1 heterocycles. The summed E-state index contributed by atoms with van der Waals surface area (Å²) in [5.41, 5.74) is 3.96. The van der Waals surface area contributed by atoms with Gasteiger partial charge >= 0.3 is 0 Å². The molecule has 1 saturated carbocycles. The first-order chi connectivity index (χ1) is 9.04. The summed E-state index contributed by atoms with van der Waals surface area (Å²) in [7, 11) is 0. The third-order valence-electron chi connectivity index (χ3n) is 4.94. The third kappa shape index (κ3) is 3.02. The minimum absolute atomic E-state index is 0.611. The average molecular weight is 263 g/mol. The second-order valence-electron chi connectivity index (χ2n) is 6.30. The van der Waals surface area contributed by atoms with Crippen molar-refractivity contribution in [1.82, 2.24) is 15.1 Å². The second kappa shape index (κ2) is 6.08. The zero-order valence-electron chi connectivity index (χ0n) is 13.2. The SMILES string of the molecule is CCNCc1c(C)nn(C2CCC(C)C(C)C2)c1C. The van der Waals surface area contributed by atoms with Gasteiger partial charge in [-0.3, -0.25) is 4.68 Å². The van der Waals surface area contributed by atoms with Crippen LogP contribution in [0, 0.1) is 25.7 Å². The molecule has 0 aliphatic heterocycles. The highest BCUT2D eigenvalue weighted by molar-refractivity contribution is 5.24. The van der Waals surface area contributed by atoms with Crippen molar-refractivity contribution in [2.75, 3.05) is 6.54 Å². The minimum atomic E-state index is 0.611. The molecule has 0 amide bonds. The summed E-state index contributed by atoms with van der Waals surface area (Å²) in [5.74, 6) is 1.69. The Kier molecular flexibility index (Phi) is 4.67. The maximum atomic E-state index is 4.82. The molecule has 108 valence electrons. The van der Waals surface area contributed by atoms with E-state index in [9.17, 15) is 0 Å². The molecule has 0 aromatic carbocycles.